The number of hydrogen-bond acceptors (Lipinski definition) is 4. The van der Waals surface area contributed by atoms with E-state index in [2.05, 4.69) is 42.4 Å². The van der Waals surface area contributed by atoms with E-state index in [1.807, 2.05) is 30.3 Å². The van der Waals surface area contributed by atoms with E-state index in [4.69, 9.17) is 17.0 Å². The van der Waals surface area contributed by atoms with Crippen molar-refractivity contribution in [1.29, 1.82) is 0 Å². The minimum atomic E-state index is -0.309. The minimum absolute atomic E-state index is 0.309. The highest BCUT2D eigenvalue weighted by Gasteiger charge is 2.09. The average Bonchev–Trinajstić information content (AvgIpc) is 2.72. The predicted octanol–water partition coefficient (Wildman–Crippen LogP) is 4.56. The van der Waals surface area contributed by atoms with Crippen LogP contribution in [0.25, 0.3) is 0 Å². The number of carbonyl (C=O) groups is 1. The van der Waals surface area contributed by atoms with Gasteiger partial charge in [0.05, 0.1) is 5.56 Å². The molecule has 6 heteroatoms. The van der Waals surface area contributed by atoms with Crippen LogP contribution in [0.15, 0.2) is 48.5 Å². The molecule has 0 saturated heterocycles. The van der Waals surface area contributed by atoms with Gasteiger partial charge in [-0.1, -0.05) is 39.0 Å². The summed E-state index contributed by atoms with van der Waals surface area (Å²) in [6.45, 7) is 9.34. The van der Waals surface area contributed by atoms with Crippen LogP contribution in [0.5, 0.6) is 0 Å². The summed E-state index contributed by atoms with van der Waals surface area (Å²) in [6, 6.07) is 15.2. The second-order valence-electron chi connectivity index (χ2n) is 6.33. The van der Waals surface area contributed by atoms with Crippen molar-refractivity contribution in [2.75, 3.05) is 36.9 Å². The highest BCUT2D eigenvalue weighted by molar-refractivity contribution is 7.80. The number of thiocarbonyl (C=S) groups is 1. The molecule has 0 unspecified atom stereocenters. The Morgan fingerprint density at radius 1 is 1.00 bits per heavy atom. The van der Waals surface area contributed by atoms with Gasteiger partial charge in [-0.25, -0.2) is 4.79 Å². The van der Waals surface area contributed by atoms with Crippen molar-refractivity contribution in [2.24, 2.45) is 0 Å². The van der Waals surface area contributed by atoms with Gasteiger partial charge in [0, 0.05) is 17.9 Å². The van der Waals surface area contributed by atoms with Gasteiger partial charge in [0.25, 0.3) is 0 Å². The Bertz CT molecular complexity index is 774. The van der Waals surface area contributed by atoms with Crippen LogP contribution in [0.2, 0.25) is 0 Å². The summed E-state index contributed by atoms with van der Waals surface area (Å²) in [6.07, 6.45) is 0.927. The van der Waals surface area contributed by atoms with Crippen molar-refractivity contribution in [3.8, 4) is 0 Å². The first kappa shape index (κ1) is 21.9. The highest BCUT2D eigenvalue weighted by atomic mass is 32.1. The summed E-state index contributed by atoms with van der Waals surface area (Å²) in [5.74, 6) is -0.309. The maximum Gasteiger partial charge on any atom is 0.338 e. The molecule has 0 amide bonds. The highest BCUT2D eigenvalue weighted by Crippen LogP contribution is 2.16. The van der Waals surface area contributed by atoms with E-state index >= 15 is 0 Å². The smallest absolute Gasteiger partial charge is 0.338 e. The van der Waals surface area contributed by atoms with Crippen LogP contribution in [0, 0.1) is 0 Å². The fourth-order valence-corrected chi connectivity index (χ4v) is 3.04. The molecule has 0 spiro atoms. The minimum Gasteiger partial charge on any atom is -0.461 e. The molecule has 2 N–H and O–H groups in total. The van der Waals surface area contributed by atoms with Gasteiger partial charge < -0.3 is 20.3 Å². The lowest BCUT2D eigenvalue weighted by atomic mass is 10.1. The number of rotatable bonds is 9. The van der Waals surface area contributed by atoms with Crippen LogP contribution in [-0.4, -0.2) is 42.2 Å². The summed E-state index contributed by atoms with van der Waals surface area (Å²) in [5.41, 5.74) is 3.54. The number of likely N-dealkylation sites (N-methyl/N-ethyl adjacent to an activating group) is 1. The van der Waals surface area contributed by atoms with Crippen LogP contribution in [0.3, 0.4) is 0 Å². The Kier molecular flexibility index (Phi) is 8.91. The van der Waals surface area contributed by atoms with Gasteiger partial charge >= 0.3 is 5.97 Å². The van der Waals surface area contributed by atoms with Gasteiger partial charge in [0.1, 0.15) is 6.61 Å². The predicted molar refractivity (Wildman–Crippen MR) is 120 cm³/mol. The standard InChI is InChI=1S/C22H29N3O2S/c1-4-17-9-7-8-10-20(17)24-22(28)23-19-13-11-18(12-14-19)21(26)27-16-15-25(5-2)6-3/h7-14H,4-6,15-16H2,1-3H3,(H2,23,24,28). The average molecular weight is 400 g/mol. The molecule has 150 valence electrons. The van der Waals surface area contributed by atoms with Gasteiger partial charge in [-0.3, -0.25) is 0 Å². The maximum atomic E-state index is 12.1. The Balaban J connectivity index is 1.86. The first-order valence-corrected chi connectivity index (χ1v) is 10.1. The molecule has 0 heterocycles. The van der Waals surface area contributed by atoms with E-state index in [-0.39, 0.29) is 5.97 Å². The van der Waals surface area contributed by atoms with Gasteiger partial charge in [0.15, 0.2) is 5.11 Å². The molecule has 28 heavy (non-hydrogen) atoms. The van der Waals surface area contributed by atoms with E-state index in [0.29, 0.717) is 17.3 Å². The molecule has 0 atom stereocenters. The molecule has 0 saturated carbocycles. The Morgan fingerprint density at radius 2 is 1.68 bits per heavy atom. The lowest BCUT2D eigenvalue weighted by molar-refractivity contribution is 0.0466. The third-order valence-corrected chi connectivity index (χ3v) is 4.76. The lowest BCUT2D eigenvalue weighted by Gasteiger charge is -2.17. The van der Waals surface area contributed by atoms with Crippen molar-refractivity contribution in [3.63, 3.8) is 0 Å². The van der Waals surface area contributed by atoms with Crippen molar-refractivity contribution in [1.82, 2.24) is 4.90 Å². The molecular formula is C22H29N3O2S. The number of esters is 1. The second kappa shape index (κ2) is 11.4. The zero-order chi connectivity index (χ0) is 20.4. The summed E-state index contributed by atoms with van der Waals surface area (Å²) in [5, 5.41) is 6.87. The van der Waals surface area contributed by atoms with E-state index < -0.39 is 0 Å². The summed E-state index contributed by atoms with van der Waals surface area (Å²) in [7, 11) is 0. The van der Waals surface area contributed by atoms with Crippen LogP contribution in [0.1, 0.15) is 36.7 Å². The maximum absolute atomic E-state index is 12.1. The quantitative estimate of drug-likeness (QED) is 0.476. The molecule has 0 aliphatic rings. The normalized spacial score (nSPS) is 10.6. The number of anilines is 2. The Morgan fingerprint density at radius 3 is 2.32 bits per heavy atom. The van der Waals surface area contributed by atoms with Gasteiger partial charge in [-0.05, 0) is 67.6 Å². The molecule has 2 rings (SSSR count). The van der Waals surface area contributed by atoms with Crippen LogP contribution >= 0.6 is 12.2 Å². The van der Waals surface area contributed by atoms with Crippen LogP contribution in [0.4, 0.5) is 11.4 Å². The topological polar surface area (TPSA) is 53.6 Å². The van der Waals surface area contributed by atoms with Crippen molar-refractivity contribution >= 4 is 34.7 Å². The van der Waals surface area contributed by atoms with Gasteiger partial charge in [0.2, 0.25) is 0 Å². The van der Waals surface area contributed by atoms with E-state index in [9.17, 15) is 4.79 Å². The van der Waals surface area contributed by atoms with Crippen molar-refractivity contribution in [3.05, 3.63) is 59.7 Å². The summed E-state index contributed by atoms with van der Waals surface area (Å²) in [4.78, 5) is 14.4. The molecular weight excluding hydrogens is 370 g/mol. The van der Waals surface area contributed by atoms with Crippen LogP contribution in [-0.2, 0) is 11.2 Å². The summed E-state index contributed by atoms with van der Waals surface area (Å²) >= 11 is 5.40. The van der Waals surface area contributed by atoms with Crippen LogP contribution < -0.4 is 10.6 Å². The number of hydrogen-bond donors (Lipinski definition) is 2. The molecule has 2 aromatic carbocycles. The van der Waals surface area contributed by atoms with E-state index in [0.717, 1.165) is 37.4 Å². The largest absolute Gasteiger partial charge is 0.461 e. The SMILES string of the molecule is CCc1ccccc1NC(=S)Nc1ccc(C(=O)OCCN(CC)CC)cc1. The monoisotopic (exact) mass is 399 g/mol. The number of aryl methyl sites for hydroxylation is 1. The zero-order valence-electron chi connectivity index (χ0n) is 16.8. The number of ether oxygens (including phenoxy) is 1. The number of benzene rings is 2. The number of nitrogens with zero attached hydrogens (tertiary/aromatic N) is 1. The Labute approximate surface area is 173 Å². The van der Waals surface area contributed by atoms with Crippen molar-refractivity contribution < 1.29 is 9.53 Å². The third kappa shape index (κ3) is 6.62. The molecule has 0 radical (unpaired) electrons. The third-order valence-electron chi connectivity index (χ3n) is 4.56. The first-order valence-electron chi connectivity index (χ1n) is 9.72. The molecule has 2 aromatic rings. The fraction of sp³-hybridized carbons (Fsp3) is 0.364. The number of para-hydroxylation sites is 1. The molecule has 0 aromatic heterocycles. The van der Waals surface area contributed by atoms with Crippen molar-refractivity contribution in [2.45, 2.75) is 27.2 Å². The molecule has 0 aliphatic carbocycles. The lowest BCUT2D eigenvalue weighted by Crippen LogP contribution is -2.27. The van der Waals surface area contributed by atoms with Gasteiger partial charge in [-0.2, -0.15) is 0 Å². The number of carbonyl (C=O) groups excluding carboxylic acids is 1. The van der Waals surface area contributed by atoms with Gasteiger partial charge in [-0.15, -0.1) is 0 Å². The first-order chi connectivity index (χ1) is 13.6. The molecule has 0 fully saturated rings. The Hall–Kier alpha value is -2.44. The van der Waals surface area contributed by atoms with E-state index in [1.165, 1.54) is 5.56 Å². The zero-order valence-corrected chi connectivity index (χ0v) is 17.6. The number of nitrogens with one attached hydrogen (secondary N) is 2. The fourth-order valence-electron chi connectivity index (χ4n) is 2.82. The summed E-state index contributed by atoms with van der Waals surface area (Å²) < 4.78 is 5.35. The molecule has 5 nitrogen and oxygen atoms in total. The van der Waals surface area contributed by atoms with E-state index in [1.54, 1.807) is 12.1 Å². The molecule has 0 bridgehead atoms. The second-order valence-corrected chi connectivity index (χ2v) is 6.74. The molecule has 0 aliphatic heterocycles.